The van der Waals surface area contributed by atoms with Crippen molar-refractivity contribution in [3.8, 4) is 11.4 Å². The van der Waals surface area contributed by atoms with Gasteiger partial charge in [-0.25, -0.2) is 9.97 Å². The molecule has 0 fully saturated rings. The van der Waals surface area contributed by atoms with Gasteiger partial charge in [-0.15, -0.1) is 0 Å². The number of benzene rings is 2. The van der Waals surface area contributed by atoms with Crippen molar-refractivity contribution in [2.45, 2.75) is 17.8 Å². The molecule has 7 nitrogen and oxygen atoms in total. The summed E-state index contributed by atoms with van der Waals surface area (Å²) in [5, 5.41) is 1.04. The number of methoxy groups -OCH3 is 1. The van der Waals surface area contributed by atoms with Gasteiger partial charge in [0.05, 0.1) is 29.4 Å². The predicted octanol–water partition coefficient (Wildman–Crippen LogP) is 4.00. The molecule has 0 N–H and O–H groups in total. The Morgan fingerprint density at radius 1 is 0.970 bits per heavy atom. The van der Waals surface area contributed by atoms with E-state index in [1.54, 1.807) is 30.0 Å². The first-order valence-electron chi connectivity index (χ1n) is 10.3. The molecule has 8 heteroatoms. The molecule has 5 aromatic rings. The first-order chi connectivity index (χ1) is 16.0. The quantitative estimate of drug-likeness (QED) is 0.294. The van der Waals surface area contributed by atoms with Crippen molar-refractivity contribution in [3.05, 3.63) is 105 Å². The van der Waals surface area contributed by atoms with Crippen LogP contribution >= 0.6 is 11.8 Å². The van der Waals surface area contributed by atoms with E-state index >= 15 is 0 Å². The lowest BCUT2D eigenvalue weighted by Gasteiger charge is -2.14. The Bertz CT molecular complexity index is 1620. The standard InChI is InChI=1S/C25H20N4O3S/c1-16-10-11-28-22(12-16)26-17(13-23(28)30)15-33-25-27-21-9-4-3-8-20(21)24(31)29(25)18-6-5-7-19(14-18)32-2/h3-14H,15H2,1-2H3. The molecule has 0 aliphatic rings. The molecule has 0 saturated carbocycles. The van der Waals surface area contributed by atoms with E-state index in [-0.39, 0.29) is 11.1 Å². The maximum absolute atomic E-state index is 13.4. The van der Waals surface area contributed by atoms with Crippen LogP contribution in [-0.2, 0) is 5.75 Å². The second-order valence-electron chi connectivity index (χ2n) is 7.56. The zero-order valence-electron chi connectivity index (χ0n) is 18.1. The van der Waals surface area contributed by atoms with Gasteiger partial charge in [-0.3, -0.25) is 18.6 Å². The van der Waals surface area contributed by atoms with E-state index in [9.17, 15) is 9.59 Å². The lowest BCUT2D eigenvalue weighted by atomic mass is 10.2. The summed E-state index contributed by atoms with van der Waals surface area (Å²) >= 11 is 1.36. The average Bonchev–Trinajstić information content (AvgIpc) is 2.82. The second kappa shape index (κ2) is 8.55. The minimum absolute atomic E-state index is 0.146. The zero-order valence-corrected chi connectivity index (χ0v) is 18.9. The van der Waals surface area contributed by atoms with Gasteiger partial charge in [0.15, 0.2) is 5.16 Å². The van der Waals surface area contributed by atoms with Crippen LogP contribution in [0.3, 0.4) is 0 Å². The van der Waals surface area contributed by atoms with E-state index in [1.807, 2.05) is 55.5 Å². The van der Waals surface area contributed by atoms with E-state index in [2.05, 4.69) is 4.98 Å². The minimum atomic E-state index is -0.168. The topological polar surface area (TPSA) is 78.5 Å². The first kappa shape index (κ1) is 21.0. The molecular weight excluding hydrogens is 436 g/mol. The fourth-order valence-electron chi connectivity index (χ4n) is 3.65. The van der Waals surface area contributed by atoms with E-state index in [0.29, 0.717) is 44.6 Å². The van der Waals surface area contributed by atoms with Crippen molar-refractivity contribution in [2.75, 3.05) is 7.11 Å². The Morgan fingerprint density at radius 3 is 2.67 bits per heavy atom. The number of fused-ring (bicyclic) bond motifs is 2. The number of aryl methyl sites for hydroxylation is 1. The van der Waals surface area contributed by atoms with Crippen LogP contribution in [0.25, 0.3) is 22.2 Å². The van der Waals surface area contributed by atoms with Gasteiger partial charge in [-0.1, -0.05) is 30.0 Å². The number of hydrogen-bond acceptors (Lipinski definition) is 6. The molecule has 0 aliphatic heterocycles. The third-order valence-electron chi connectivity index (χ3n) is 5.28. The molecule has 0 bridgehead atoms. The summed E-state index contributed by atoms with van der Waals surface area (Å²) in [4.78, 5) is 35.4. The van der Waals surface area contributed by atoms with Crippen LogP contribution in [0.2, 0.25) is 0 Å². The SMILES string of the molecule is COc1cccc(-n2c(SCc3cc(=O)n4ccc(C)cc4n3)nc3ccccc3c2=O)c1. The summed E-state index contributed by atoms with van der Waals surface area (Å²) in [7, 11) is 1.59. The highest BCUT2D eigenvalue weighted by atomic mass is 32.2. The molecule has 33 heavy (non-hydrogen) atoms. The Kier molecular flexibility index (Phi) is 5.43. The largest absolute Gasteiger partial charge is 0.497 e. The monoisotopic (exact) mass is 456 g/mol. The van der Waals surface area contributed by atoms with Gasteiger partial charge in [0, 0.05) is 24.1 Å². The summed E-state index contributed by atoms with van der Waals surface area (Å²) in [6.07, 6.45) is 1.72. The first-order valence-corrected chi connectivity index (χ1v) is 11.3. The Morgan fingerprint density at radius 2 is 1.82 bits per heavy atom. The second-order valence-corrected chi connectivity index (χ2v) is 8.50. The fourth-order valence-corrected chi connectivity index (χ4v) is 4.56. The lowest BCUT2D eigenvalue weighted by molar-refractivity contribution is 0.414. The average molecular weight is 457 g/mol. The summed E-state index contributed by atoms with van der Waals surface area (Å²) in [5.74, 6) is 1.03. The molecule has 5 rings (SSSR count). The van der Waals surface area contributed by atoms with Gasteiger partial charge in [0.2, 0.25) is 0 Å². The van der Waals surface area contributed by atoms with Gasteiger partial charge < -0.3 is 4.74 Å². The van der Waals surface area contributed by atoms with Gasteiger partial charge in [-0.2, -0.15) is 0 Å². The Balaban J connectivity index is 1.61. The van der Waals surface area contributed by atoms with Gasteiger partial charge >= 0.3 is 0 Å². The molecule has 3 aromatic heterocycles. The van der Waals surface area contributed by atoms with Crippen LogP contribution in [0.5, 0.6) is 5.75 Å². The third kappa shape index (κ3) is 4.01. The van der Waals surface area contributed by atoms with Crippen molar-refractivity contribution >= 4 is 28.3 Å². The molecule has 0 atom stereocenters. The number of pyridine rings is 1. The van der Waals surface area contributed by atoms with Crippen LogP contribution in [0.1, 0.15) is 11.3 Å². The molecule has 2 aromatic carbocycles. The van der Waals surface area contributed by atoms with E-state index in [1.165, 1.54) is 22.2 Å². The van der Waals surface area contributed by atoms with Crippen molar-refractivity contribution in [1.29, 1.82) is 0 Å². The Labute approximate surface area is 193 Å². The van der Waals surface area contributed by atoms with E-state index < -0.39 is 0 Å². The lowest BCUT2D eigenvalue weighted by Crippen LogP contribution is -2.22. The minimum Gasteiger partial charge on any atom is -0.497 e. The highest BCUT2D eigenvalue weighted by molar-refractivity contribution is 7.98. The highest BCUT2D eigenvalue weighted by Gasteiger charge is 2.15. The van der Waals surface area contributed by atoms with E-state index in [4.69, 9.17) is 9.72 Å². The highest BCUT2D eigenvalue weighted by Crippen LogP contribution is 2.25. The van der Waals surface area contributed by atoms with E-state index in [0.717, 1.165) is 5.56 Å². The summed E-state index contributed by atoms with van der Waals surface area (Å²) in [6, 6.07) is 19.8. The van der Waals surface area contributed by atoms with Crippen molar-refractivity contribution in [3.63, 3.8) is 0 Å². The summed E-state index contributed by atoms with van der Waals surface area (Å²) in [6.45, 7) is 1.96. The molecule has 3 heterocycles. The number of thioether (sulfide) groups is 1. The number of ether oxygens (including phenoxy) is 1. The molecule has 164 valence electrons. The summed E-state index contributed by atoms with van der Waals surface area (Å²) < 4.78 is 8.44. The third-order valence-corrected chi connectivity index (χ3v) is 6.25. The normalized spacial score (nSPS) is 11.2. The van der Waals surface area contributed by atoms with Crippen LogP contribution in [0, 0.1) is 6.92 Å². The van der Waals surface area contributed by atoms with Gasteiger partial charge in [0.1, 0.15) is 11.4 Å². The number of rotatable bonds is 5. The summed E-state index contributed by atoms with van der Waals surface area (Å²) in [5.41, 5.74) is 3.19. The Hall–Kier alpha value is -3.91. The smallest absolute Gasteiger partial charge is 0.266 e. The molecule has 0 spiro atoms. The number of hydrogen-bond donors (Lipinski definition) is 0. The van der Waals surface area contributed by atoms with Crippen molar-refractivity contribution in [1.82, 2.24) is 18.9 Å². The van der Waals surface area contributed by atoms with Crippen LogP contribution in [-0.4, -0.2) is 26.0 Å². The number of para-hydroxylation sites is 1. The number of aromatic nitrogens is 4. The van der Waals surface area contributed by atoms with Gasteiger partial charge in [0.25, 0.3) is 11.1 Å². The van der Waals surface area contributed by atoms with Crippen LogP contribution in [0.15, 0.2) is 87.7 Å². The molecular formula is C25H20N4O3S. The number of nitrogens with zero attached hydrogens (tertiary/aromatic N) is 4. The molecule has 0 radical (unpaired) electrons. The van der Waals surface area contributed by atoms with Crippen molar-refractivity contribution < 1.29 is 4.74 Å². The maximum Gasteiger partial charge on any atom is 0.266 e. The zero-order chi connectivity index (χ0) is 22.9. The van der Waals surface area contributed by atoms with Gasteiger partial charge in [-0.05, 0) is 48.9 Å². The van der Waals surface area contributed by atoms with Crippen molar-refractivity contribution in [2.24, 2.45) is 0 Å². The molecule has 0 unspecified atom stereocenters. The molecule has 0 aliphatic carbocycles. The molecule has 0 saturated heterocycles. The maximum atomic E-state index is 13.4. The van der Waals surface area contributed by atoms with Crippen LogP contribution < -0.4 is 15.9 Å². The molecule has 0 amide bonds. The fraction of sp³-hybridized carbons (Fsp3) is 0.120. The van der Waals surface area contributed by atoms with Crippen LogP contribution in [0.4, 0.5) is 0 Å². The predicted molar refractivity (Wildman–Crippen MR) is 130 cm³/mol.